The van der Waals surface area contributed by atoms with Crippen LogP contribution in [-0.2, 0) is 4.79 Å². The topological polar surface area (TPSA) is 76.0 Å². The zero-order chi connectivity index (χ0) is 17.9. The Kier molecular flexibility index (Phi) is 1.66. The highest BCUT2D eigenvalue weighted by molar-refractivity contribution is 5.85. The normalized spacial score (nSPS) is 18.6. The summed E-state index contributed by atoms with van der Waals surface area (Å²) in [7, 11) is -3.71. The minimum Gasteiger partial charge on any atom is -0.502 e. The van der Waals surface area contributed by atoms with Crippen molar-refractivity contribution in [1.29, 1.82) is 0 Å². The lowest BCUT2D eigenvalue weighted by Crippen LogP contribution is -1.91. The quantitative estimate of drug-likeness (QED) is 0.768. The van der Waals surface area contributed by atoms with Gasteiger partial charge in [0.15, 0.2) is 11.5 Å². The van der Waals surface area contributed by atoms with E-state index >= 15 is 0 Å². The summed E-state index contributed by atoms with van der Waals surface area (Å²) in [5.41, 5.74) is -0.502. The van der Waals surface area contributed by atoms with Gasteiger partial charge in [0.2, 0.25) is 5.75 Å². The summed E-state index contributed by atoms with van der Waals surface area (Å²) >= 11 is 0. The lowest BCUT2D eigenvalue weighted by molar-refractivity contribution is -0.131. The molecule has 0 saturated carbocycles. The van der Waals surface area contributed by atoms with E-state index in [0.29, 0.717) is 0 Å². The fourth-order valence-electron chi connectivity index (χ4n) is 0.901. The van der Waals surface area contributed by atoms with E-state index in [-0.39, 0.29) is 0 Å². The molecule has 0 heterocycles. The molecule has 16 heavy (non-hydrogen) atoms. The van der Waals surface area contributed by atoms with Gasteiger partial charge in [-0.15, -0.1) is 0 Å². The molecule has 0 radical (unpaired) electrons. The van der Waals surface area contributed by atoms with Crippen LogP contribution >= 0.6 is 0 Å². The summed E-state index contributed by atoms with van der Waals surface area (Å²) in [6.07, 6.45) is 0. The summed E-state index contributed by atoms with van der Waals surface area (Å²) in [5.74, 6) is -3.96. The molecule has 0 aliphatic carbocycles. The van der Waals surface area contributed by atoms with Gasteiger partial charge < -0.3 is 19.7 Å². The van der Waals surface area contributed by atoms with Crippen LogP contribution in [0.25, 0.3) is 6.05 Å². The average Bonchev–Trinajstić information content (AvgIpc) is 2.44. The van der Waals surface area contributed by atoms with Crippen molar-refractivity contribution in [2.24, 2.45) is 0 Å². The number of benzene rings is 1. The van der Waals surface area contributed by atoms with Gasteiger partial charge in [-0.05, 0) is 23.7 Å². The SMILES string of the molecule is [2H]COc1cc(/C([2H])=C(\[2H])C(=O)O)c([2H])c(OC([2H])([2H])[2H])c1O. The number of hydrogen-bond donors (Lipinski definition) is 2. The van der Waals surface area contributed by atoms with E-state index in [2.05, 4.69) is 4.74 Å². The van der Waals surface area contributed by atoms with E-state index in [1.54, 1.807) is 0 Å². The number of methoxy groups -OCH3 is 2. The van der Waals surface area contributed by atoms with E-state index in [9.17, 15) is 9.90 Å². The Morgan fingerprint density at radius 2 is 2.44 bits per heavy atom. The zero-order valence-corrected chi connectivity index (χ0v) is 7.90. The van der Waals surface area contributed by atoms with E-state index < -0.39 is 61.1 Å². The molecule has 2 N–H and O–H groups in total. The second-order valence-electron chi connectivity index (χ2n) is 2.53. The predicted molar refractivity (Wildman–Crippen MR) is 57.9 cm³/mol. The van der Waals surface area contributed by atoms with E-state index in [1.165, 1.54) is 0 Å². The molecule has 0 aromatic heterocycles. The number of phenolic OH excluding ortho intramolecular Hbond substituents is 1. The molecule has 1 rings (SSSR count). The van der Waals surface area contributed by atoms with Gasteiger partial charge in [0, 0.05) is 6.05 Å². The molecule has 0 amide bonds. The van der Waals surface area contributed by atoms with Crippen molar-refractivity contribution in [1.82, 2.24) is 0 Å². The van der Waals surface area contributed by atoms with Crippen LogP contribution in [0.4, 0.5) is 0 Å². The molecule has 1 aromatic rings. The molecule has 0 aliphatic rings. The number of aromatic hydroxyl groups is 1. The smallest absolute Gasteiger partial charge is 0.328 e. The standard InChI is InChI=1S/C11H12O5/c1-15-8-5-7(3-4-10(12)13)6-9(16-2)11(8)14/h3-6,14H,1-2H3,(H,12,13)/b4-3+/i1D,2D3,3D,4D,6D. The Morgan fingerprint density at radius 1 is 1.62 bits per heavy atom. The van der Waals surface area contributed by atoms with Crippen LogP contribution in [0.3, 0.4) is 0 Å². The minimum atomic E-state index is -3.04. The Hall–Kier alpha value is -2.17. The van der Waals surface area contributed by atoms with Crippen LogP contribution in [0.1, 0.15) is 15.2 Å². The molecule has 5 heteroatoms. The van der Waals surface area contributed by atoms with E-state index in [0.717, 1.165) is 6.07 Å². The van der Waals surface area contributed by atoms with Gasteiger partial charge >= 0.3 is 5.97 Å². The van der Waals surface area contributed by atoms with Crippen LogP contribution in [0.5, 0.6) is 17.2 Å². The summed E-state index contributed by atoms with van der Waals surface area (Å²) in [6, 6.07) is -2.00. The molecule has 0 atom stereocenters. The highest BCUT2D eigenvalue weighted by Crippen LogP contribution is 2.37. The van der Waals surface area contributed by atoms with E-state index in [1.807, 2.05) is 0 Å². The first-order valence-electron chi connectivity index (χ1n) is 7.59. The molecule has 86 valence electrons. The predicted octanol–water partition coefficient (Wildman–Crippen LogP) is 1.51. The number of aliphatic carboxylic acids is 1. The fourth-order valence-corrected chi connectivity index (χ4v) is 0.901. The van der Waals surface area contributed by atoms with Crippen molar-refractivity contribution in [2.45, 2.75) is 0 Å². The zero-order valence-electron chi connectivity index (χ0n) is 14.9. The molecule has 0 unspecified atom stereocenters. The molecule has 5 nitrogen and oxygen atoms in total. The number of carbonyl (C=O) groups is 1. The Morgan fingerprint density at radius 3 is 3.06 bits per heavy atom. The Balaban J connectivity index is 3.66. The van der Waals surface area contributed by atoms with E-state index in [4.69, 9.17) is 19.4 Å². The van der Waals surface area contributed by atoms with Gasteiger partial charge in [-0.1, -0.05) is 0 Å². The van der Waals surface area contributed by atoms with Crippen molar-refractivity contribution >= 4 is 12.0 Å². The molecular formula is C11H12O5. The first kappa shape index (κ1) is 5.25. The van der Waals surface area contributed by atoms with Crippen LogP contribution in [-0.4, -0.2) is 30.3 Å². The van der Waals surface area contributed by atoms with Crippen LogP contribution in [0, 0.1) is 0 Å². The second-order valence-corrected chi connectivity index (χ2v) is 2.53. The van der Waals surface area contributed by atoms with Gasteiger partial charge in [0.1, 0.15) is 0 Å². The average molecular weight is 231 g/mol. The van der Waals surface area contributed by atoms with Gasteiger partial charge in [0.25, 0.3) is 0 Å². The van der Waals surface area contributed by atoms with Gasteiger partial charge in [0.05, 0.1) is 23.7 Å². The van der Waals surface area contributed by atoms with Crippen LogP contribution < -0.4 is 9.47 Å². The number of carboxylic acids is 1. The number of carboxylic acid groups (broad SMARTS) is 1. The number of hydrogen-bond acceptors (Lipinski definition) is 4. The van der Waals surface area contributed by atoms with Crippen molar-refractivity contribution < 1.29 is 34.1 Å². The fraction of sp³-hybridized carbons (Fsp3) is 0.182. The highest BCUT2D eigenvalue weighted by Gasteiger charge is 2.09. The van der Waals surface area contributed by atoms with Gasteiger partial charge in [-0.3, -0.25) is 0 Å². The Labute approximate surface area is 102 Å². The third kappa shape index (κ3) is 2.66. The van der Waals surface area contributed by atoms with Crippen molar-refractivity contribution in [2.75, 3.05) is 14.1 Å². The minimum absolute atomic E-state index is 0.479. The maximum atomic E-state index is 10.8. The molecule has 0 saturated heterocycles. The molecule has 0 bridgehead atoms. The van der Waals surface area contributed by atoms with Crippen molar-refractivity contribution in [3.63, 3.8) is 0 Å². The van der Waals surface area contributed by atoms with Crippen molar-refractivity contribution in [3.05, 3.63) is 23.7 Å². The molecule has 0 aliphatic heterocycles. The lowest BCUT2D eigenvalue weighted by Gasteiger charge is -2.09. The maximum Gasteiger partial charge on any atom is 0.328 e. The number of phenols is 1. The largest absolute Gasteiger partial charge is 0.502 e. The first-order valence-corrected chi connectivity index (χ1v) is 3.88. The highest BCUT2D eigenvalue weighted by atomic mass is 16.5. The van der Waals surface area contributed by atoms with Crippen molar-refractivity contribution in [3.8, 4) is 17.2 Å². The number of rotatable bonds is 4. The monoisotopic (exact) mass is 231 g/mol. The molecule has 0 fully saturated rings. The Bertz CT molecular complexity index is 653. The molecular weight excluding hydrogens is 212 g/mol. The van der Waals surface area contributed by atoms with Crippen LogP contribution in [0.2, 0.25) is 0 Å². The summed E-state index contributed by atoms with van der Waals surface area (Å²) < 4.78 is 59.9. The van der Waals surface area contributed by atoms with Gasteiger partial charge in [-0.2, -0.15) is 0 Å². The summed E-state index contributed by atoms with van der Waals surface area (Å²) in [4.78, 5) is 10.8. The molecule has 1 aromatic carbocycles. The van der Waals surface area contributed by atoms with Crippen LogP contribution in [0.15, 0.2) is 18.2 Å². The summed E-state index contributed by atoms with van der Waals surface area (Å²) in [6.45, 7) is 0. The lowest BCUT2D eigenvalue weighted by atomic mass is 10.1. The van der Waals surface area contributed by atoms with Gasteiger partial charge in [-0.25, -0.2) is 4.79 Å². The maximum absolute atomic E-state index is 10.8. The third-order valence-electron chi connectivity index (χ3n) is 1.53. The first-order chi connectivity index (χ1) is 10.5. The second kappa shape index (κ2) is 5.06. The number of ether oxygens (including phenoxy) is 2. The summed E-state index contributed by atoms with van der Waals surface area (Å²) in [5, 5.41) is 18.6. The molecule has 0 spiro atoms. The third-order valence-corrected chi connectivity index (χ3v) is 1.53.